The van der Waals surface area contributed by atoms with Crippen LogP contribution in [0.5, 0.6) is 11.5 Å². The lowest BCUT2D eigenvalue weighted by molar-refractivity contribution is -0.877. The first kappa shape index (κ1) is 14.8. The van der Waals surface area contributed by atoms with Gasteiger partial charge in [0.15, 0.2) is 0 Å². The van der Waals surface area contributed by atoms with Crippen molar-refractivity contribution in [2.45, 2.75) is 12.5 Å². The molecule has 4 nitrogen and oxygen atoms in total. The van der Waals surface area contributed by atoms with Gasteiger partial charge in [-0.15, -0.1) is 0 Å². The number of hydrogen-bond acceptors (Lipinski definition) is 3. The summed E-state index contributed by atoms with van der Waals surface area (Å²) in [7, 11) is 9.34. The van der Waals surface area contributed by atoms with Gasteiger partial charge in [-0.05, 0) is 25.1 Å². The molecule has 4 heteroatoms. The molecule has 0 heterocycles. The third-order valence-corrected chi connectivity index (χ3v) is 2.77. The minimum absolute atomic E-state index is 0.580. The van der Waals surface area contributed by atoms with Crippen LogP contribution in [0.3, 0.4) is 0 Å². The molecule has 1 aromatic rings. The number of nitrogens with zero attached hydrogens (tertiary/aromatic N) is 1. The number of methoxy groups -OCH3 is 2. The van der Waals surface area contributed by atoms with Crippen LogP contribution < -0.4 is 9.47 Å². The standard InChI is InChI=1S/C14H24NO3/c1-14(16,10-15(2,3)4)12-9-11(17-5)7-8-13(12)18-6/h7-9,16H,10H2,1-6H3/q+1. The number of hydrogen-bond donors (Lipinski definition) is 1. The van der Waals surface area contributed by atoms with Gasteiger partial charge in [-0.2, -0.15) is 0 Å². The largest absolute Gasteiger partial charge is 0.497 e. The monoisotopic (exact) mass is 254 g/mol. The van der Waals surface area contributed by atoms with E-state index in [1.807, 2.05) is 39.3 Å². The Morgan fingerprint density at radius 1 is 1.17 bits per heavy atom. The van der Waals surface area contributed by atoms with E-state index >= 15 is 0 Å². The molecule has 0 aliphatic rings. The first-order chi connectivity index (χ1) is 8.19. The fourth-order valence-electron chi connectivity index (χ4n) is 2.24. The lowest BCUT2D eigenvalue weighted by Crippen LogP contribution is -2.46. The number of quaternary nitrogens is 1. The Balaban J connectivity index is 3.20. The fourth-order valence-corrected chi connectivity index (χ4v) is 2.24. The molecular formula is C14H24NO3+. The molecule has 0 spiro atoms. The summed E-state index contributed by atoms with van der Waals surface area (Å²) in [6.45, 7) is 2.38. The first-order valence-corrected chi connectivity index (χ1v) is 5.95. The predicted molar refractivity (Wildman–Crippen MR) is 72.0 cm³/mol. The SMILES string of the molecule is COc1ccc(OC)c(C(C)(O)C[N+](C)(C)C)c1. The van der Waals surface area contributed by atoms with E-state index in [0.717, 1.165) is 5.56 Å². The molecule has 1 rings (SSSR count). The summed E-state index contributed by atoms with van der Waals surface area (Å²) < 4.78 is 11.2. The molecule has 1 N–H and O–H groups in total. The highest BCUT2D eigenvalue weighted by atomic mass is 16.5. The highest BCUT2D eigenvalue weighted by Gasteiger charge is 2.33. The van der Waals surface area contributed by atoms with Gasteiger partial charge in [0.05, 0.1) is 35.4 Å². The fraction of sp³-hybridized carbons (Fsp3) is 0.571. The summed E-state index contributed by atoms with van der Waals surface area (Å²) in [5, 5.41) is 10.7. The van der Waals surface area contributed by atoms with Gasteiger partial charge in [0.1, 0.15) is 23.6 Å². The minimum Gasteiger partial charge on any atom is -0.497 e. The summed E-state index contributed by atoms with van der Waals surface area (Å²) in [4.78, 5) is 0. The molecule has 0 saturated heterocycles. The molecule has 0 saturated carbocycles. The Hall–Kier alpha value is -1.26. The highest BCUT2D eigenvalue weighted by molar-refractivity contribution is 5.43. The average molecular weight is 254 g/mol. The Morgan fingerprint density at radius 3 is 2.22 bits per heavy atom. The quantitative estimate of drug-likeness (QED) is 0.812. The van der Waals surface area contributed by atoms with Crippen LogP contribution in [0.15, 0.2) is 18.2 Å². The molecule has 1 unspecified atom stereocenters. The number of aliphatic hydroxyl groups is 1. The molecule has 0 aliphatic carbocycles. The minimum atomic E-state index is -0.974. The van der Waals surface area contributed by atoms with Gasteiger partial charge in [-0.1, -0.05) is 0 Å². The van der Waals surface area contributed by atoms with Crippen LogP contribution in [-0.2, 0) is 5.60 Å². The number of rotatable bonds is 5. The van der Waals surface area contributed by atoms with Crippen LogP contribution in [-0.4, -0.2) is 51.5 Å². The Kier molecular flexibility index (Phi) is 4.24. The van der Waals surface area contributed by atoms with E-state index in [1.165, 1.54) is 0 Å². The van der Waals surface area contributed by atoms with Crippen LogP contribution in [0.2, 0.25) is 0 Å². The molecule has 0 fully saturated rings. The molecular weight excluding hydrogens is 230 g/mol. The molecule has 0 aliphatic heterocycles. The van der Waals surface area contributed by atoms with Gasteiger partial charge in [0.25, 0.3) is 0 Å². The Morgan fingerprint density at radius 2 is 1.78 bits per heavy atom. The van der Waals surface area contributed by atoms with E-state index in [0.29, 0.717) is 22.5 Å². The Labute approximate surface area is 109 Å². The number of benzene rings is 1. The van der Waals surface area contributed by atoms with Crippen LogP contribution >= 0.6 is 0 Å². The van der Waals surface area contributed by atoms with E-state index < -0.39 is 5.60 Å². The molecule has 1 aromatic carbocycles. The summed E-state index contributed by atoms with van der Waals surface area (Å²) in [5.74, 6) is 1.39. The predicted octanol–water partition coefficient (Wildman–Crippen LogP) is 1.62. The lowest BCUT2D eigenvalue weighted by Gasteiger charge is -2.34. The van der Waals surface area contributed by atoms with E-state index in [1.54, 1.807) is 21.1 Å². The maximum atomic E-state index is 10.7. The lowest BCUT2D eigenvalue weighted by atomic mass is 9.93. The van der Waals surface area contributed by atoms with Crippen molar-refractivity contribution in [2.75, 3.05) is 41.9 Å². The van der Waals surface area contributed by atoms with Crippen molar-refractivity contribution in [1.82, 2.24) is 0 Å². The second kappa shape index (κ2) is 5.16. The molecule has 102 valence electrons. The van der Waals surface area contributed by atoms with Gasteiger partial charge in [-0.25, -0.2) is 0 Å². The van der Waals surface area contributed by atoms with Crippen molar-refractivity contribution in [3.63, 3.8) is 0 Å². The number of likely N-dealkylation sites (N-methyl/N-ethyl adjacent to an activating group) is 1. The zero-order chi connectivity index (χ0) is 14.0. The van der Waals surface area contributed by atoms with Crippen molar-refractivity contribution in [3.05, 3.63) is 23.8 Å². The van der Waals surface area contributed by atoms with Crippen LogP contribution in [0.4, 0.5) is 0 Å². The van der Waals surface area contributed by atoms with E-state index in [4.69, 9.17) is 9.47 Å². The zero-order valence-electron chi connectivity index (χ0n) is 12.2. The first-order valence-electron chi connectivity index (χ1n) is 5.95. The van der Waals surface area contributed by atoms with Crippen molar-refractivity contribution < 1.29 is 19.1 Å². The van der Waals surface area contributed by atoms with Crippen molar-refractivity contribution >= 4 is 0 Å². The van der Waals surface area contributed by atoms with Gasteiger partial charge in [-0.3, -0.25) is 0 Å². The average Bonchev–Trinajstić information content (AvgIpc) is 2.25. The van der Waals surface area contributed by atoms with Crippen molar-refractivity contribution in [3.8, 4) is 11.5 Å². The van der Waals surface area contributed by atoms with Crippen molar-refractivity contribution in [1.29, 1.82) is 0 Å². The summed E-state index contributed by atoms with van der Waals surface area (Å²) in [6.07, 6.45) is 0. The smallest absolute Gasteiger partial charge is 0.139 e. The topological polar surface area (TPSA) is 38.7 Å². The van der Waals surface area contributed by atoms with Crippen LogP contribution in [0.1, 0.15) is 12.5 Å². The molecule has 0 radical (unpaired) electrons. The highest BCUT2D eigenvalue weighted by Crippen LogP contribution is 2.34. The third-order valence-electron chi connectivity index (χ3n) is 2.77. The normalized spacial score (nSPS) is 15.1. The second-order valence-electron chi connectivity index (χ2n) is 5.79. The summed E-state index contributed by atoms with van der Waals surface area (Å²) in [6, 6.07) is 5.47. The number of ether oxygens (including phenoxy) is 2. The van der Waals surface area contributed by atoms with Gasteiger partial charge in [0.2, 0.25) is 0 Å². The van der Waals surface area contributed by atoms with Crippen LogP contribution in [0.25, 0.3) is 0 Å². The van der Waals surface area contributed by atoms with E-state index in [2.05, 4.69) is 0 Å². The molecule has 1 atom stereocenters. The van der Waals surface area contributed by atoms with Gasteiger partial charge < -0.3 is 19.1 Å². The van der Waals surface area contributed by atoms with Gasteiger partial charge in [0, 0.05) is 5.56 Å². The summed E-state index contributed by atoms with van der Waals surface area (Å²) >= 11 is 0. The van der Waals surface area contributed by atoms with Crippen molar-refractivity contribution in [2.24, 2.45) is 0 Å². The van der Waals surface area contributed by atoms with E-state index in [-0.39, 0.29) is 0 Å². The maximum Gasteiger partial charge on any atom is 0.139 e. The zero-order valence-corrected chi connectivity index (χ0v) is 12.2. The molecule has 0 bridgehead atoms. The molecule has 0 amide bonds. The molecule has 18 heavy (non-hydrogen) atoms. The summed E-state index contributed by atoms with van der Waals surface area (Å²) in [5.41, 5.74) is -0.226. The Bertz CT molecular complexity index is 408. The van der Waals surface area contributed by atoms with E-state index in [9.17, 15) is 5.11 Å². The molecule has 0 aromatic heterocycles. The third kappa shape index (κ3) is 3.62. The van der Waals surface area contributed by atoms with Crippen LogP contribution in [0, 0.1) is 0 Å². The second-order valence-corrected chi connectivity index (χ2v) is 5.79. The maximum absolute atomic E-state index is 10.7. The van der Waals surface area contributed by atoms with Gasteiger partial charge >= 0.3 is 0 Å².